The van der Waals surface area contributed by atoms with Crippen molar-refractivity contribution in [3.63, 3.8) is 0 Å². The van der Waals surface area contributed by atoms with E-state index in [1.807, 2.05) is 6.92 Å². The van der Waals surface area contributed by atoms with Crippen LogP contribution >= 0.6 is 0 Å². The lowest BCUT2D eigenvalue weighted by Gasteiger charge is -2.08. The molecule has 52 valence electrons. The molecule has 3 heteroatoms. The number of esters is 1. The van der Waals surface area contributed by atoms with Gasteiger partial charge in [0.25, 0.3) is 0 Å². The summed E-state index contributed by atoms with van der Waals surface area (Å²) in [6.45, 7) is 3.54. The minimum atomic E-state index is -0.737. The average Bonchev–Trinajstić information content (AvgIpc) is 1.79. The van der Waals surface area contributed by atoms with Crippen molar-refractivity contribution in [1.82, 2.24) is 0 Å². The third-order valence-electron chi connectivity index (χ3n) is 1.49. The molecule has 0 spiro atoms. The highest BCUT2D eigenvalue weighted by atomic mass is 16.6. The van der Waals surface area contributed by atoms with Gasteiger partial charge in [0.1, 0.15) is 11.6 Å². The molecule has 9 heavy (non-hydrogen) atoms. The van der Waals surface area contributed by atoms with E-state index >= 15 is 0 Å². The summed E-state index contributed by atoms with van der Waals surface area (Å²) in [5, 5.41) is 0. The van der Waals surface area contributed by atoms with Crippen molar-refractivity contribution in [3.8, 4) is 0 Å². The SMILES string of the molecule is CC1CC(C)(N)C(=O)O1. The summed E-state index contributed by atoms with van der Waals surface area (Å²) in [6, 6.07) is 0. The monoisotopic (exact) mass is 129 g/mol. The normalized spacial score (nSPS) is 43.0. The highest BCUT2D eigenvalue weighted by Crippen LogP contribution is 2.21. The Balaban J connectivity index is 2.70. The van der Waals surface area contributed by atoms with Gasteiger partial charge in [0.15, 0.2) is 0 Å². The van der Waals surface area contributed by atoms with Crippen LogP contribution < -0.4 is 5.73 Å². The van der Waals surface area contributed by atoms with Gasteiger partial charge in [-0.15, -0.1) is 0 Å². The maximum atomic E-state index is 10.8. The van der Waals surface area contributed by atoms with E-state index in [4.69, 9.17) is 10.5 Å². The second kappa shape index (κ2) is 1.70. The summed E-state index contributed by atoms with van der Waals surface area (Å²) in [4.78, 5) is 10.8. The van der Waals surface area contributed by atoms with Gasteiger partial charge in [-0.2, -0.15) is 0 Å². The zero-order chi connectivity index (χ0) is 7.07. The van der Waals surface area contributed by atoms with E-state index in [0.717, 1.165) is 0 Å². The molecule has 2 N–H and O–H groups in total. The lowest BCUT2D eigenvalue weighted by molar-refractivity contribution is -0.144. The molecule has 0 amide bonds. The molecular weight excluding hydrogens is 118 g/mol. The van der Waals surface area contributed by atoms with E-state index < -0.39 is 5.54 Å². The summed E-state index contributed by atoms with van der Waals surface area (Å²) in [5.74, 6) is -0.282. The van der Waals surface area contributed by atoms with E-state index in [0.29, 0.717) is 6.42 Å². The lowest BCUT2D eigenvalue weighted by atomic mass is 10.0. The van der Waals surface area contributed by atoms with Crippen LogP contribution in [0.1, 0.15) is 20.3 Å². The number of hydrogen-bond donors (Lipinski definition) is 1. The molecule has 1 heterocycles. The summed E-state index contributed by atoms with van der Waals surface area (Å²) in [5.41, 5.74) is 4.80. The number of hydrogen-bond acceptors (Lipinski definition) is 3. The van der Waals surface area contributed by atoms with Crippen molar-refractivity contribution in [3.05, 3.63) is 0 Å². The molecule has 1 aliphatic rings. The summed E-state index contributed by atoms with van der Waals surface area (Å²) in [6.07, 6.45) is 0.624. The Morgan fingerprint density at radius 3 is 2.56 bits per heavy atom. The molecule has 0 radical (unpaired) electrons. The van der Waals surface area contributed by atoms with Crippen LogP contribution in [-0.2, 0) is 9.53 Å². The summed E-state index contributed by atoms with van der Waals surface area (Å²) >= 11 is 0. The second-order valence-electron chi connectivity index (χ2n) is 2.84. The number of ether oxygens (including phenoxy) is 1. The first-order valence-corrected chi connectivity index (χ1v) is 3.02. The predicted octanol–water partition coefficient (Wildman–Crippen LogP) is 0.0392. The van der Waals surface area contributed by atoms with Crippen molar-refractivity contribution >= 4 is 5.97 Å². The van der Waals surface area contributed by atoms with E-state index in [1.165, 1.54) is 0 Å². The number of carbonyl (C=O) groups is 1. The van der Waals surface area contributed by atoms with Gasteiger partial charge in [0.2, 0.25) is 0 Å². The van der Waals surface area contributed by atoms with Crippen LogP contribution in [0.4, 0.5) is 0 Å². The van der Waals surface area contributed by atoms with Crippen LogP contribution in [-0.4, -0.2) is 17.6 Å². The third kappa shape index (κ3) is 1.05. The fraction of sp³-hybridized carbons (Fsp3) is 0.833. The molecule has 0 aliphatic carbocycles. The number of rotatable bonds is 0. The van der Waals surface area contributed by atoms with Gasteiger partial charge in [-0.3, -0.25) is 4.79 Å². The fourth-order valence-corrected chi connectivity index (χ4v) is 1.04. The Morgan fingerprint density at radius 2 is 2.44 bits per heavy atom. The van der Waals surface area contributed by atoms with Gasteiger partial charge in [-0.05, 0) is 13.8 Å². The standard InChI is InChI=1S/C6H11NO2/c1-4-3-6(2,7)5(8)9-4/h4H,3,7H2,1-2H3. The van der Waals surface area contributed by atoms with Crippen LogP contribution in [0.15, 0.2) is 0 Å². The van der Waals surface area contributed by atoms with E-state index in [-0.39, 0.29) is 12.1 Å². The molecule has 0 bridgehead atoms. The highest BCUT2D eigenvalue weighted by Gasteiger charge is 2.39. The second-order valence-corrected chi connectivity index (χ2v) is 2.84. The van der Waals surface area contributed by atoms with Crippen LogP contribution in [0.2, 0.25) is 0 Å². The molecule has 0 saturated carbocycles. The molecule has 1 aliphatic heterocycles. The first-order chi connectivity index (χ1) is 4.02. The molecule has 1 fully saturated rings. The first-order valence-electron chi connectivity index (χ1n) is 3.02. The summed E-state index contributed by atoms with van der Waals surface area (Å²) < 4.78 is 4.81. The maximum absolute atomic E-state index is 10.8. The Bertz CT molecular complexity index is 142. The van der Waals surface area contributed by atoms with Crippen molar-refractivity contribution in [1.29, 1.82) is 0 Å². The Hall–Kier alpha value is -0.570. The minimum absolute atomic E-state index is 0.00694. The van der Waals surface area contributed by atoms with Gasteiger partial charge in [-0.1, -0.05) is 0 Å². The van der Waals surface area contributed by atoms with Crippen molar-refractivity contribution < 1.29 is 9.53 Å². The van der Waals surface area contributed by atoms with E-state index in [2.05, 4.69) is 0 Å². The highest BCUT2D eigenvalue weighted by molar-refractivity contribution is 5.82. The van der Waals surface area contributed by atoms with Gasteiger partial charge >= 0.3 is 5.97 Å². The molecule has 0 aromatic heterocycles. The fourth-order valence-electron chi connectivity index (χ4n) is 1.04. The minimum Gasteiger partial charge on any atom is -0.461 e. The van der Waals surface area contributed by atoms with Gasteiger partial charge < -0.3 is 10.5 Å². The zero-order valence-electron chi connectivity index (χ0n) is 5.68. The van der Waals surface area contributed by atoms with Gasteiger partial charge in [-0.25, -0.2) is 0 Å². The molecule has 0 aromatic rings. The molecule has 0 aromatic carbocycles. The maximum Gasteiger partial charge on any atom is 0.326 e. The molecule has 1 saturated heterocycles. The van der Waals surface area contributed by atoms with Crippen molar-refractivity contribution in [2.45, 2.75) is 31.9 Å². The van der Waals surface area contributed by atoms with Crippen LogP contribution in [0.25, 0.3) is 0 Å². The Morgan fingerprint density at radius 1 is 1.89 bits per heavy atom. The van der Waals surface area contributed by atoms with Crippen LogP contribution in [0.3, 0.4) is 0 Å². The number of carbonyl (C=O) groups excluding carboxylic acids is 1. The zero-order valence-corrected chi connectivity index (χ0v) is 5.68. The number of cyclic esters (lactones) is 1. The molecule has 3 nitrogen and oxygen atoms in total. The smallest absolute Gasteiger partial charge is 0.326 e. The predicted molar refractivity (Wildman–Crippen MR) is 32.8 cm³/mol. The van der Waals surface area contributed by atoms with Gasteiger partial charge in [0.05, 0.1) is 0 Å². The number of nitrogens with two attached hydrogens (primary N) is 1. The topological polar surface area (TPSA) is 52.3 Å². The van der Waals surface area contributed by atoms with Crippen molar-refractivity contribution in [2.75, 3.05) is 0 Å². The van der Waals surface area contributed by atoms with Crippen LogP contribution in [0, 0.1) is 0 Å². The van der Waals surface area contributed by atoms with E-state index in [9.17, 15) is 4.79 Å². The third-order valence-corrected chi connectivity index (χ3v) is 1.49. The molecule has 2 unspecified atom stereocenters. The lowest BCUT2D eigenvalue weighted by Crippen LogP contribution is -2.40. The van der Waals surface area contributed by atoms with Gasteiger partial charge in [0, 0.05) is 6.42 Å². The average molecular weight is 129 g/mol. The Kier molecular flexibility index (Phi) is 1.24. The van der Waals surface area contributed by atoms with Crippen LogP contribution in [0.5, 0.6) is 0 Å². The Labute approximate surface area is 54.2 Å². The quantitative estimate of drug-likeness (QED) is 0.470. The first kappa shape index (κ1) is 6.55. The van der Waals surface area contributed by atoms with E-state index in [1.54, 1.807) is 6.92 Å². The molecule has 1 rings (SSSR count). The summed E-state index contributed by atoms with van der Waals surface area (Å²) in [7, 11) is 0. The molecule has 2 atom stereocenters. The largest absolute Gasteiger partial charge is 0.461 e. The van der Waals surface area contributed by atoms with Crippen molar-refractivity contribution in [2.24, 2.45) is 5.73 Å². The molecular formula is C6H11NO2.